The predicted molar refractivity (Wildman–Crippen MR) is 57.1 cm³/mol. The minimum absolute atomic E-state index is 0.239. The second-order valence-corrected chi connectivity index (χ2v) is 3.19. The van der Waals surface area contributed by atoms with Crippen molar-refractivity contribution in [3.05, 3.63) is 42.0 Å². The second-order valence-electron chi connectivity index (χ2n) is 3.19. The second kappa shape index (κ2) is 5.22. The Morgan fingerprint density at radius 1 is 1.36 bits per heavy atom. The van der Waals surface area contributed by atoms with E-state index in [0.29, 0.717) is 6.42 Å². The third-order valence-corrected chi connectivity index (χ3v) is 2.07. The number of carboxylic acids is 1. The molecule has 1 N–H and O–H groups in total. The molecule has 0 saturated heterocycles. The number of aryl methyl sites for hydroxylation is 1. The van der Waals surface area contributed by atoms with Gasteiger partial charge in [0.2, 0.25) is 0 Å². The van der Waals surface area contributed by atoms with Gasteiger partial charge < -0.3 is 5.11 Å². The van der Waals surface area contributed by atoms with E-state index in [1.165, 1.54) is 5.56 Å². The standard InChI is InChI=1S/C12H14O2/c1-2-10-6-8-11(9-7-10)4-3-5-12(13)14/h2,6-9H,1,3-5H2,(H,13,14). The van der Waals surface area contributed by atoms with Gasteiger partial charge in [-0.1, -0.05) is 36.9 Å². The molecule has 0 atom stereocenters. The summed E-state index contributed by atoms with van der Waals surface area (Å²) in [6.45, 7) is 3.67. The quantitative estimate of drug-likeness (QED) is 0.775. The van der Waals surface area contributed by atoms with E-state index in [2.05, 4.69) is 6.58 Å². The van der Waals surface area contributed by atoms with Gasteiger partial charge in [0, 0.05) is 6.42 Å². The Kier molecular flexibility index (Phi) is 3.92. The summed E-state index contributed by atoms with van der Waals surface area (Å²) in [5, 5.41) is 8.46. The number of carbonyl (C=O) groups is 1. The molecule has 0 fully saturated rings. The van der Waals surface area contributed by atoms with Crippen molar-refractivity contribution in [3.8, 4) is 0 Å². The van der Waals surface area contributed by atoms with E-state index in [9.17, 15) is 4.79 Å². The average molecular weight is 190 g/mol. The molecule has 1 aromatic rings. The smallest absolute Gasteiger partial charge is 0.303 e. The Labute approximate surface area is 83.9 Å². The van der Waals surface area contributed by atoms with Crippen LogP contribution in [-0.2, 0) is 11.2 Å². The Morgan fingerprint density at radius 3 is 2.50 bits per heavy atom. The number of aliphatic carboxylic acids is 1. The first-order valence-corrected chi connectivity index (χ1v) is 4.65. The van der Waals surface area contributed by atoms with Crippen LogP contribution in [0.5, 0.6) is 0 Å². The minimum Gasteiger partial charge on any atom is -0.481 e. The average Bonchev–Trinajstić information content (AvgIpc) is 2.18. The van der Waals surface area contributed by atoms with Crippen LogP contribution in [0.1, 0.15) is 24.0 Å². The first kappa shape index (κ1) is 10.5. The van der Waals surface area contributed by atoms with E-state index < -0.39 is 5.97 Å². The van der Waals surface area contributed by atoms with Gasteiger partial charge in [0.05, 0.1) is 0 Å². The Balaban J connectivity index is 2.43. The van der Waals surface area contributed by atoms with Crippen LogP contribution in [0.25, 0.3) is 6.08 Å². The predicted octanol–water partition coefficient (Wildman–Crippen LogP) is 2.74. The molecule has 0 spiro atoms. The SMILES string of the molecule is C=Cc1ccc(CCCC(=O)O)cc1. The van der Waals surface area contributed by atoms with Crippen molar-refractivity contribution in [2.75, 3.05) is 0 Å². The third-order valence-electron chi connectivity index (χ3n) is 2.07. The van der Waals surface area contributed by atoms with Crippen molar-refractivity contribution in [2.24, 2.45) is 0 Å². The third kappa shape index (κ3) is 3.44. The number of rotatable bonds is 5. The first-order valence-electron chi connectivity index (χ1n) is 4.65. The lowest BCUT2D eigenvalue weighted by Gasteiger charge is -2.00. The zero-order valence-corrected chi connectivity index (χ0v) is 8.07. The van der Waals surface area contributed by atoms with Crippen LogP contribution in [-0.4, -0.2) is 11.1 Å². The summed E-state index contributed by atoms with van der Waals surface area (Å²) in [6.07, 6.45) is 3.55. The fourth-order valence-electron chi connectivity index (χ4n) is 1.26. The molecule has 14 heavy (non-hydrogen) atoms. The van der Waals surface area contributed by atoms with Crippen LogP contribution in [0.3, 0.4) is 0 Å². The highest BCUT2D eigenvalue weighted by Crippen LogP contribution is 2.08. The molecule has 0 aromatic heterocycles. The number of hydrogen-bond donors (Lipinski definition) is 1. The number of benzene rings is 1. The summed E-state index contributed by atoms with van der Waals surface area (Å²) < 4.78 is 0. The van der Waals surface area contributed by atoms with Gasteiger partial charge >= 0.3 is 5.97 Å². The van der Waals surface area contributed by atoms with Gasteiger partial charge in [0.25, 0.3) is 0 Å². The molecule has 0 aliphatic rings. The van der Waals surface area contributed by atoms with Gasteiger partial charge in [-0.3, -0.25) is 4.79 Å². The Morgan fingerprint density at radius 2 is 2.00 bits per heavy atom. The van der Waals surface area contributed by atoms with Crippen molar-refractivity contribution < 1.29 is 9.90 Å². The molecule has 1 rings (SSSR count). The fraction of sp³-hybridized carbons (Fsp3) is 0.250. The van der Waals surface area contributed by atoms with Crippen LogP contribution >= 0.6 is 0 Å². The maximum absolute atomic E-state index is 10.3. The zero-order chi connectivity index (χ0) is 10.4. The molecule has 2 heteroatoms. The van der Waals surface area contributed by atoms with Crippen molar-refractivity contribution in [1.82, 2.24) is 0 Å². The van der Waals surface area contributed by atoms with E-state index >= 15 is 0 Å². The van der Waals surface area contributed by atoms with Gasteiger partial charge in [-0.15, -0.1) is 0 Å². The number of carboxylic acid groups (broad SMARTS) is 1. The summed E-state index contributed by atoms with van der Waals surface area (Å²) in [4.78, 5) is 10.3. The van der Waals surface area contributed by atoms with E-state index in [-0.39, 0.29) is 6.42 Å². The molecule has 1 aromatic carbocycles. The van der Waals surface area contributed by atoms with Crippen molar-refractivity contribution in [3.63, 3.8) is 0 Å². The van der Waals surface area contributed by atoms with Gasteiger partial charge in [-0.25, -0.2) is 0 Å². The van der Waals surface area contributed by atoms with Crippen LogP contribution in [0.15, 0.2) is 30.8 Å². The Bertz CT molecular complexity index is 312. The first-order chi connectivity index (χ1) is 6.72. The number of hydrogen-bond acceptors (Lipinski definition) is 1. The summed E-state index contributed by atoms with van der Waals surface area (Å²) in [7, 11) is 0. The Hall–Kier alpha value is -1.57. The lowest BCUT2D eigenvalue weighted by molar-refractivity contribution is -0.137. The molecule has 74 valence electrons. The van der Waals surface area contributed by atoms with E-state index in [4.69, 9.17) is 5.11 Å². The van der Waals surface area contributed by atoms with Gasteiger partial charge in [0.15, 0.2) is 0 Å². The van der Waals surface area contributed by atoms with E-state index in [1.54, 1.807) is 6.08 Å². The molecule has 0 unspecified atom stereocenters. The minimum atomic E-state index is -0.729. The molecule has 0 heterocycles. The largest absolute Gasteiger partial charge is 0.481 e. The summed E-state index contributed by atoms with van der Waals surface area (Å²) >= 11 is 0. The highest BCUT2D eigenvalue weighted by atomic mass is 16.4. The highest BCUT2D eigenvalue weighted by Gasteiger charge is 1.97. The molecule has 0 bridgehead atoms. The van der Waals surface area contributed by atoms with Gasteiger partial charge in [-0.2, -0.15) is 0 Å². The van der Waals surface area contributed by atoms with Crippen molar-refractivity contribution >= 4 is 12.0 Å². The normalized spacial score (nSPS) is 9.71. The monoisotopic (exact) mass is 190 g/mol. The lowest BCUT2D eigenvalue weighted by Crippen LogP contribution is -1.95. The molecule has 2 nitrogen and oxygen atoms in total. The highest BCUT2D eigenvalue weighted by molar-refractivity contribution is 5.66. The molecule has 0 radical (unpaired) electrons. The molecule has 0 saturated carbocycles. The van der Waals surface area contributed by atoms with Crippen molar-refractivity contribution in [1.29, 1.82) is 0 Å². The van der Waals surface area contributed by atoms with Crippen LogP contribution in [0, 0.1) is 0 Å². The van der Waals surface area contributed by atoms with Gasteiger partial charge in [0.1, 0.15) is 0 Å². The van der Waals surface area contributed by atoms with Crippen LogP contribution in [0.2, 0.25) is 0 Å². The van der Waals surface area contributed by atoms with Gasteiger partial charge in [-0.05, 0) is 24.0 Å². The lowest BCUT2D eigenvalue weighted by atomic mass is 10.1. The molecule has 0 aliphatic heterocycles. The summed E-state index contributed by atoms with van der Waals surface area (Å²) in [6, 6.07) is 8.00. The fourth-order valence-corrected chi connectivity index (χ4v) is 1.26. The maximum Gasteiger partial charge on any atom is 0.303 e. The topological polar surface area (TPSA) is 37.3 Å². The maximum atomic E-state index is 10.3. The molecule has 0 amide bonds. The summed E-state index contributed by atoms with van der Waals surface area (Å²) in [5.74, 6) is -0.729. The van der Waals surface area contributed by atoms with Crippen LogP contribution < -0.4 is 0 Å². The summed E-state index contributed by atoms with van der Waals surface area (Å²) in [5.41, 5.74) is 2.27. The molecular formula is C12H14O2. The van der Waals surface area contributed by atoms with E-state index in [0.717, 1.165) is 12.0 Å². The zero-order valence-electron chi connectivity index (χ0n) is 8.07. The van der Waals surface area contributed by atoms with Crippen molar-refractivity contribution in [2.45, 2.75) is 19.3 Å². The molecular weight excluding hydrogens is 176 g/mol. The van der Waals surface area contributed by atoms with E-state index in [1.807, 2.05) is 24.3 Å². The molecule has 0 aliphatic carbocycles. The van der Waals surface area contributed by atoms with Crippen LogP contribution in [0.4, 0.5) is 0 Å².